The van der Waals surface area contributed by atoms with Crippen LogP contribution in [0.3, 0.4) is 0 Å². The fourth-order valence-corrected chi connectivity index (χ4v) is 1.61. The van der Waals surface area contributed by atoms with Crippen molar-refractivity contribution in [1.29, 1.82) is 5.26 Å². The molecule has 0 atom stereocenters. The Bertz CT molecular complexity index is 668. The van der Waals surface area contributed by atoms with Gasteiger partial charge in [-0.25, -0.2) is 0 Å². The molecule has 17 heavy (non-hydrogen) atoms. The van der Waals surface area contributed by atoms with Gasteiger partial charge in [-0.05, 0) is 42.1 Å². The number of nitrogens with one attached hydrogen (secondary N) is 2. The highest BCUT2D eigenvalue weighted by Crippen LogP contribution is 2.01. The molecule has 1 heterocycles. The van der Waals surface area contributed by atoms with Crippen LogP contribution in [0.4, 0.5) is 0 Å². The van der Waals surface area contributed by atoms with Gasteiger partial charge in [0.2, 0.25) is 9.54 Å². The monoisotopic (exact) mass is 261 g/mol. The zero-order valence-electron chi connectivity index (χ0n) is 8.54. The van der Waals surface area contributed by atoms with E-state index in [0.29, 0.717) is 15.1 Å². The molecule has 7 heteroatoms. The summed E-state index contributed by atoms with van der Waals surface area (Å²) in [6, 6.07) is 9.08. The first-order valence-corrected chi connectivity index (χ1v) is 5.46. The van der Waals surface area contributed by atoms with Gasteiger partial charge in [0.15, 0.2) is 0 Å². The Hall–Kier alpha value is -2.04. The van der Waals surface area contributed by atoms with Gasteiger partial charge in [0.05, 0.1) is 17.8 Å². The van der Waals surface area contributed by atoms with Gasteiger partial charge in [0.25, 0.3) is 0 Å². The molecular weight excluding hydrogens is 254 g/mol. The second-order valence-electron chi connectivity index (χ2n) is 3.15. The number of nitrogens with zero attached hydrogens (tertiary/aromatic N) is 3. The van der Waals surface area contributed by atoms with Gasteiger partial charge in [-0.2, -0.15) is 15.0 Å². The SMILES string of the molecule is N#Cc1ccc(/C=N\n2c(=S)[nH][nH]c2=S)cc1. The number of hydrogen-bond donors (Lipinski definition) is 2. The van der Waals surface area contributed by atoms with Crippen LogP contribution < -0.4 is 0 Å². The summed E-state index contributed by atoms with van der Waals surface area (Å²) in [5, 5.41) is 18.2. The van der Waals surface area contributed by atoms with Crippen LogP contribution >= 0.6 is 24.4 Å². The quantitative estimate of drug-likeness (QED) is 0.644. The summed E-state index contributed by atoms with van der Waals surface area (Å²) in [5.41, 5.74) is 1.47. The molecule has 1 aromatic carbocycles. The lowest BCUT2D eigenvalue weighted by molar-refractivity contribution is 0.848. The number of aromatic amines is 2. The summed E-state index contributed by atoms with van der Waals surface area (Å²) in [6.07, 6.45) is 1.62. The highest BCUT2D eigenvalue weighted by molar-refractivity contribution is 7.72. The Balaban J connectivity index is 2.30. The van der Waals surface area contributed by atoms with Crippen LogP contribution in [0.1, 0.15) is 11.1 Å². The third-order valence-corrected chi connectivity index (χ3v) is 2.57. The second kappa shape index (κ2) is 4.86. The molecule has 0 radical (unpaired) electrons. The van der Waals surface area contributed by atoms with Crippen LogP contribution in [-0.2, 0) is 0 Å². The van der Waals surface area contributed by atoms with Crippen LogP contribution in [0.15, 0.2) is 29.4 Å². The molecule has 0 aliphatic carbocycles. The van der Waals surface area contributed by atoms with Crippen LogP contribution in [-0.4, -0.2) is 21.1 Å². The van der Waals surface area contributed by atoms with E-state index >= 15 is 0 Å². The molecule has 5 nitrogen and oxygen atoms in total. The third-order valence-electron chi connectivity index (χ3n) is 2.02. The van der Waals surface area contributed by atoms with Gasteiger partial charge in [-0.3, -0.25) is 10.2 Å². The molecule has 2 N–H and O–H groups in total. The van der Waals surface area contributed by atoms with Crippen molar-refractivity contribution >= 4 is 30.7 Å². The van der Waals surface area contributed by atoms with Crippen LogP contribution in [0, 0.1) is 20.9 Å². The third kappa shape index (κ3) is 2.55. The Morgan fingerprint density at radius 1 is 1.18 bits per heavy atom. The van der Waals surface area contributed by atoms with E-state index in [1.54, 1.807) is 30.5 Å². The molecule has 1 aromatic heterocycles. The van der Waals surface area contributed by atoms with Crippen molar-refractivity contribution in [3.63, 3.8) is 0 Å². The molecule has 0 aliphatic rings. The maximum absolute atomic E-state index is 8.66. The highest BCUT2D eigenvalue weighted by Gasteiger charge is 1.93. The Labute approximate surface area is 107 Å². The maximum atomic E-state index is 8.66. The summed E-state index contributed by atoms with van der Waals surface area (Å²) in [4.78, 5) is 0. The lowest BCUT2D eigenvalue weighted by Gasteiger charge is -1.93. The summed E-state index contributed by atoms with van der Waals surface area (Å²) < 4.78 is 2.21. The average Bonchev–Trinajstić information content (AvgIpc) is 2.67. The predicted octanol–water partition coefficient (Wildman–Crippen LogP) is 2.36. The number of benzene rings is 1. The number of hydrogen-bond acceptors (Lipinski definition) is 4. The van der Waals surface area contributed by atoms with Crippen LogP contribution in [0.2, 0.25) is 0 Å². The fourth-order valence-electron chi connectivity index (χ4n) is 1.18. The lowest BCUT2D eigenvalue weighted by Crippen LogP contribution is -1.90. The van der Waals surface area contributed by atoms with Crippen molar-refractivity contribution in [3.8, 4) is 6.07 Å². The summed E-state index contributed by atoms with van der Waals surface area (Å²) in [7, 11) is 0. The molecule has 2 aromatic rings. The molecule has 2 rings (SSSR count). The summed E-state index contributed by atoms with van der Waals surface area (Å²) in [5.74, 6) is 0. The van der Waals surface area contributed by atoms with E-state index in [4.69, 9.17) is 29.7 Å². The normalized spacial score (nSPS) is 10.5. The first kappa shape index (κ1) is 11.4. The van der Waals surface area contributed by atoms with Gasteiger partial charge >= 0.3 is 0 Å². The zero-order chi connectivity index (χ0) is 12.3. The minimum atomic E-state index is 0.403. The predicted molar refractivity (Wildman–Crippen MR) is 69.0 cm³/mol. The van der Waals surface area contributed by atoms with Crippen molar-refractivity contribution in [1.82, 2.24) is 14.9 Å². The Morgan fingerprint density at radius 2 is 1.76 bits per heavy atom. The van der Waals surface area contributed by atoms with E-state index in [1.165, 1.54) is 4.68 Å². The first-order valence-electron chi connectivity index (χ1n) is 4.65. The van der Waals surface area contributed by atoms with E-state index in [2.05, 4.69) is 15.3 Å². The van der Waals surface area contributed by atoms with E-state index in [-0.39, 0.29) is 0 Å². The van der Waals surface area contributed by atoms with E-state index < -0.39 is 0 Å². The summed E-state index contributed by atoms with van der Waals surface area (Å²) >= 11 is 9.96. The molecule has 84 valence electrons. The van der Waals surface area contributed by atoms with Gasteiger partial charge in [-0.1, -0.05) is 12.1 Å². The Kier molecular flexibility index (Phi) is 3.27. The minimum absolute atomic E-state index is 0.403. The molecule has 0 saturated carbocycles. The van der Waals surface area contributed by atoms with Crippen LogP contribution in [0.25, 0.3) is 0 Å². The number of nitriles is 1. The molecule has 0 bridgehead atoms. The van der Waals surface area contributed by atoms with Crippen LogP contribution in [0.5, 0.6) is 0 Å². The molecule has 0 saturated heterocycles. The maximum Gasteiger partial charge on any atom is 0.215 e. The van der Waals surface area contributed by atoms with Gasteiger partial charge in [-0.15, -0.1) is 0 Å². The minimum Gasteiger partial charge on any atom is -0.273 e. The number of H-pyrrole nitrogens is 2. The largest absolute Gasteiger partial charge is 0.273 e. The molecule has 0 amide bonds. The number of aromatic nitrogens is 3. The summed E-state index contributed by atoms with van der Waals surface area (Å²) in [6.45, 7) is 0. The van der Waals surface area contributed by atoms with Crippen molar-refractivity contribution in [2.24, 2.45) is 5.10 Å². The molecule has 0 fully saturated rings. The van der Waals surface area contributed by atoms with Gasteiger partial charge in [0.1, 0.15) is 0 Å². The number of rotatable bonds is 2. The molecule has 0 unspecified atom stereocenters. The van der Waals surface area contributed by atoms with Crippen molar-refractivity contribution in [2.75, 3.05) is 0 Å². The average molecular weight is 261 g/mol. The van der Waals surface area contributed by atoms with E-state index in [0.717, 1.165) is 5.56 Å². The zero-order valence-corrected chi connectivity index (χ0v) is 10.2. The highest BCUT2D eigenvalue weighted by atomic mass is 32.1. The smallest absolute Gasteiger partial charge is 0.215 e. The Morgan fingerprint density at radius 3 is 2.29 bits per heavy atom. The van der Waals surface area contributed by atoms with Crippen molar-refractivity contribution in [3.05, 3.63) is 44.9 Å². The fraction of sp³-hybridized carbons (Fsp3) is 0. The molecule has 0 spiro atoms. The lowest BCUT2D eigenvalue weighted by atomic mass is 10.2. The van der Waals surface area contributed by atoms with Gasteiger partial charge in [0, 0.05) is 0 Å². The first-order chi connectivity index (χ1) is 8.20. The van der Waals surface area contributed by atoms with E-state index in [1.807, 2.05) is 6.07 Å². The van der Waals surface area contributed by atoms with Crippen molar-refractivity contribution < 1.29 is 0 Å². The van der Waals surface area contributed by atoms with Crippen molar-refractivity contribution in [2.45, 2.75) is 0 Å². The standard InChI is InChI=1S/C10H7N5S2/c11-5-7-1-3-8(4-2-7)6-12-15-9(16)13-14-10(15)17/h1-4,6H,(H,13,16)(H,14,17)/b12-6-. The van der Waals surface area contributed by atoms with Gasteiger partial charge < -0.3 is 0 Å². The molecule has 0 aliphatic heterocycles. The van der Waals surface area contributed by atoms with E-state index in [9.17, 15) is 0 Å². The molecular formula is C10H7N5S2. The topological polar surface area (TPSA) is 72.7 Å². The second-order valence-corrected chi connectivity index (χ2v) is 3.92.